The van der Waals surface area contributed by atoms with E-state index in [1.54, 1.807) is 20.1 Å². The molecule has 0 bridgehead atoms. The Morgan fingerprint density at radius 1 is 1.75 bits per heavy atom. The summed E-state index contributed by atoms with van der Waals surface area (Å²) in [6.45, 7) is 2.76. The molecule has 0 N–H and O–H groups in total. The van der Waals surface area contributed by atoms with Crippen molar-refractivity contribution in [2.45, 2.75) is 13.8 Å². The molecule has 0 fully saturated rings. The van der Waals surface area contributed by atoms with Crippen LogP contribution in [-0.4, -0.2) is 13.0 Å². The second-order valence-corrected chi connectivity index (χ2v) is 2.38. The van der Waals surface area contributed by atoms with E-state index >= 15 is 0 Å². The summed E-state index contributed by atoms with van der Waals surface area (Å²) in [5.74, 6) is 0. The van der Waals surface area contributed by atoms with Gasteiger partial charge in [0.2, 0.25) is 6.29 Å². The number of rotatable bonds is 3. The Balaban J connectivity index is 3.53. The minimum Gasteiger partial charge on any atom is -0.291 e. The van der Waals surface area contributed by atoms with Crippen molar-refractivity contribution in [3.63, 3.8) is 0 Å². The average Bonchev–Trinajstić information content (AvgIpc) is 1.67. The van der Waals surface area contributed by atoms with Crippen LogP contribution in [0.1, 0.15) is 13.8 Å². The zero-order chi connectivity index (χ0) is 6.62. The molecule has 1 nitrogen and oxygen atoms in total. The fourth-order valence-electron chi connectivity index (χ4n) is 0.198. The lowest BCUT2D eigenvalue weighted by atomic mass is 9.92. The van der Waals surface area contributed by atoms with Crippen LogP contribution in [0.2, 0.25) is 0 Å². The van der Waals surface area contributed by atoms with Crippen LogP contribution in [0.25, 0.3) is 0 Å². The quantitative estimate of drug-likeness (QED) is 0.543. The molecule has 8 heavy (non-hydrogen) atoms. The highest BCUT2D eigenvalue weighted by Gasteiger charge is 2.16. The molecule has 0 saturated carbocycles. The second kappa shape index (κ2) is 2.80. The van der Waals surface area contributed by atoms with E-state index in [9.17, 15) is 9.18 Å². The highest BCUT2D eigenvalue weighted by molar-refractivity contribution is 5.63. The standard InChI is InChI=1S/C6H9FO/c1-6(2,5-7)3-4-8/h3H,5H2,1-2H3. The van der Waals surface area contributed by atoms with Crippen molar-refractivity contribution in [1.82, 2.24) is 0 Å². The van der Waals surface area contributed by atoms with Gasteiger partial charge in [-0.25, -0.2) is 0 Å². The summed E-state index contributed by atoms with van der Waals surface area (Å²) in [4.78, 5) is 9.63. The maximum atomic E-state index is 11.7. The van der Waals surface area contributed by atoms with Gasteiger partial charge in [-0.15, -0.1) is 0 Å². The molecule has 2 heteroatoms. The topological polar surface area (TPSA) is 17.1 Å². The minimum absolute atomic E-state index is 0.512. The van der Waals surface area contributed by atoms with Crippen molar-refractivity contribution in [1.29, 1.82) is 0 Å². The molecular weight excluding hydrogens is 107 g/mol. The number of halogens is 1. The molecule has 0 aromatic rings. The summed E-state index contributed by atoms with van der Waals surface area (Å²) in [5.41, 5.74) is -0.623. The van der Waals surface area contributed by atoms with Gasteiger partial charge < -0.3 is 0 Å². The van der Waals surface area contributed by atoms with Gasteiger partial charge in [0.15, 0.2) is 0 Å². The molecule has 2 radical (unpaired) electrons. The Hall–Kier alpha value is -0.400. The van der Waals surface area contributed by atoms with Gasteiger partial charge in [-0.3, -0.25) is 9.18 Å². The van der Waals surface area contributed by atoms with Crippen molar-refractivity contribution in [2.75, 3.05) is 6.67 Å². The molecule has 0 heterocycles. The first-order valence-electron chi connectivity index (χ1n) is 2.40. The molecule has 0 atom stereocenters. The Bertz CT molecular complexity index is 78.6. The zero-order valence-electron chi connectivity index (χ0n) is 5.07. The highest BCUT2D eigenvalue weighted by atomic mass is 19.1. The van der Waals surface area contributed by atoms with Crippen LogP contribution < -0.4 is 0 Å². The number of carbonyl (C=O) groups excluding carboxylic acids is 1. The first-order chi connectivity index (χ1) is 3.62. The van der Waals surface area contributed by atoms with Crippen LogP contribution in [0.3, 0.4) is 0 Å². The Kier molecular flexibility index (Phi) is 2.66. The smallest absolute Gasteiger partial charge is 0.203 e. The zero-order valence-corrected chi connectivity index (χ0v) is 5.07. The molecule has 0 rings (SSSR count). The van der Waals surface area contributed by atoms with Crippen LogP contribution in [-0.2, 0) is 4.79 Å². The number of hydrogen-bond acceptors (Lipinski definition) is 1. The van der Waals surface area contributed by atoms with Gasteiger partial charge in [0, 0.05) is 11.8 Å². The summed E-state index contributed by atoms with van der Waals surface area (Å²) < 4.78 is 11.7. The van der Waals surface area contributed by atoms with Gasteiger partial charge in [0.1, 0.15) is 0 Å². The van der Waals surface area contributed by atoms with E-state index in [0.29, 0.717) is 0 Å². The Morgan fingerprint density at radius 3 is 2.38 bits per heavy atom. The van der Waals surface area contributed by atoms with E-state index in [0.717, 1.165) is 0 Å². The average molecular weight is 116 g/mol. The lowest BCUT2D eigenvalue weighted by Gasteiger charge is -2.13. The maximum absolute atomic E-state index is 11.7. The van der Waals surface area contributed by atoms with Gasteiger partial charge in [-0.2, -0.15) is 0 Å². The lowest BCUT2D eigenvalue weighted by Crippen LogP contribution is -2.14. The third kappa shape index (κ3) is 2.72. The van der Waals surface area contributed by atoms with Crippen molar-refractivity contribution < 1.29 is 9.18 Å². The molecule has 0 aromatic carbocycles. The van der Waals surface area contributed by atoms with Crippen LogP contribution >= 0.6 is 0 Å². The number of hydrogen-bond donors (Lipinski definition) is 0. The van der Waals surface area contributed by atoms with Gasteiger partial charge in [0.05, 0.1) is 6.67 Å². The predicted molar refractivity (Wildman–Crippen MR) is 29.7 cm³/mol. The molecule has 0 aliphatic rings. The van der Waals surface area contributed by atoms with Crippen LogP contribution in [0.15, 0.2) is 0 Å². The van der Waals surface area contributed by atoms with Crippen molar-refractivity contribution in [2.24, 2.45) is 5.41 Å². The van der Waals surface area contributed by atoms with E-state index in [4.69, 9.17) is 0 Å². The summed E-state index contributed by atoms with van der Waals surface area (Å²) in [6.07, 6.45) is 2.73. The first kappa shape index (κ1) is 7.60. The number of alkyl halides is 1. The summed E-state index contributed by atoms with van der Waals surface area (Å²) in [6, 6.07) is 0. The third-order valence-electron chi connectivity index (χ3n) is 0.794. The molecule has 46 valence electrons. The molecular formula is C6H9FO. The summed E-state index contributed by atoms with van der Waals surface area (Å²) >= 11 is 0. The maximum Gasteiger partial charge on any atom is 0.203 e. The second-order valence-electron chi connectivity index (χ2n) is 2.38. The molecule has 0 saturated heterocycles. The Morgan fingerprint density at radius 2 is 2.25 bits per heavy atom. The largest absolute Gasteiger partial charge is 0.291 e. The monoisotopic (exact) mass is 116 g/mol. The van der Waals surface area contributed by atoms with Crippen molar-refractivity contribution in [3.8, 4) is 0 Å². The van der Waals surface area contributed by atoms with Crippen molar-refractivity contribution in [3.05, 3.63) is 6.42 Å². The molecule has 0 aliphatic carbocycles. The normalized spacial score (nSPS) is 11.4. The summed E-state index contributed by atoms with van der Waals surface area (Å²) in [5, 5.41) is 0. The predicted octanol–water partition coefficient (Wildman–Crippen LogP) is 1.30. The molecule has 0 aromatic heterocycles. The van der Waals surface area contributed by atoms with E-state index in [1.807, 2.05) is 0 Å². The first-order valence-corrected chi connectivity index (χ1v) is 2.40. The minimum atomic E-state index is -0.623. The van der Waals surface area contributed by atoms with Crippen LogP contribution in [0.4, 0.5) is 4.39 Å². The fourth-order valence-corrected chi connectivity index (χ4v) is 0.198. The van der Waals surface area contributed by atoms with E-state index in [-0.39, 0.29) is 0 Å². The molecule has 0 unspecified atom stereocenters. The Labute approximate surface area is 48.9 Å². The highest BCUT2D eigenvalue weighted by Crippen LogP contribution is 2.17. The van der Waals surface area contributed by atoms with E-state index in [1.165, 1.54) is 6.42 Å². The molecule has 0 spiro atoms. The van der Waals surface area contributed by atoms with E-state index < -0.39 is 12.1 Å². The van der Waals surface area contributed by atoms with Crippen LogP contribution in [0, 0.1) is 11.8 Å². The van der Waals surface area contributed by atoms with Gasteiger partial charge in [-0.05, 0) is 0 Å². The summed E-state index contributed by atoms with van der Waals surface area (Å²) in [7, 11) is 0. The SMILES string of the molecule is CC(C)([CH][C]=O)CF. The van der Waals surface area contributed by atoms with Crippen LogP contribution in [0.5, 0.6) is 0 Å². The molecule has 0 amide bonds. The fraction of sp³-hybridized carbons (Fsp3) is 0.667. The van der Waals surface area contributed by atoms with Crippen molar-refractivity contribution >= 4 is 6.29 Å². The lowest BCUT2D eigenvalue weighted by molar-refractivity contribution is 0.308. The van der Waals surface area contributed by atoms with Gasteiger partial charge in [0.25, 0.3) is 0 Å². The molecule has 0 aliphatic heterocycles. The van der Waals surface area contributed by atoms with Gasteiger partial charge >= 0.3 is 0 Å². The van der Waals surface area contributed by atoms with Gasteiger partial charge in [-0.1, -0.05) is 13.8 Å². The van der Waals surface area contributed by atoms with E-state index in [2.05, 4.69) is 0 Å². The third-order valence-corrected chi connectivity index (χ3v) is 0.794.